The Morgan fingerprint density at radius 2 is 1.51 bits per heavy atom. The molecule has 0 spiro atoms. The SMILES string of the molecule is O=C(Nc1cccc(C(F)(F)F)c1)O[C@@H]1CO[C@H]2[C@@H]1OC[C@@H]2NC(=O)c1ccc(C(F)(F)F)cc1. The fraction of sp³-hybridized carbons (Fsp3) is 0.364. The normalized spacial score (nSPS) is 24.1. The minimum absolute atomic E-state index is 0.00316. The third kappa shape index (κ3) is 5.68. The Balaban J connectivity index is 1.32. The van der Waals surface area contributed by atoms with E-state index in [2.05, 4.69) is 10.6 Å². The largest absolute Gasteiger partial charge is 0.441 e. The van der Waals surface area contributed by atoms with E-state index in [0.29, 0.717) is 0 Å². The Bertz CT molecular complexity index is 1090. The Hall–Kier alpha value is -3.32. The van der Waals surface area contributed by atoms with Crippen LogP contribution >= 0.6 is 0 Å². The minimum atomic E-state index is -4.58. The highest BCUT2D eigenvalue weighted by molar-refractivity contribution is 5.94. The molecule has 2 aromatic carbocycles. The zero-order chi connectivity index (χ0) is 25.4. The van der Waals surface area contributed by atoms with Gasteiger partial charge in [0.1, 0.15) is 12.2 Å². The standard InChI is InChI=1S/C22H18F6N2O5/c23-21(24,25)12-6-4-11(5-7-12)19(31)30-15-9-33-18-16(10-34-17(15)18)35-20(32)29-14-3-1-2-13(8-14)22(26,27)28/h1-8,15-18H,9-10H2,(H,29,32)(H,30,31)/t15-,16+,17+,18+/m0/s1. The number of ether oxygens (including phenoxy) is 3. The second kappa shape index (κ2) is 9.38. The second-order valence-corrected chi connectivity index (χ2v) is 7.90. The molecule has 2 amide bonds. The molecule has 0 saturated carbocycles. The molecular formula is C22H18F6N2O5. The second-order valence-electron chi connectivity index (χ2n) is 7.90. The van der Waals surface area contributed by atoms with Gasteiger partial charge >= 0.3 is 18.4 Å². The molecule has 2 aromatic rings. The molecule has 4 rings (SSSR count). The molecule has 0 bridgehead atoms. The first-order valence-corrected chi connectivity index (χ1v) is 10.3. The third-order valence-electron chi connectivity index (χ3n) is 5.49. The van der Waals surface area contributed by atoms with E-state index < -0.39 is 59.8 Å². The molecule has 2 aliphatic heterocycles. The lowest BCUT2D eigenvalue weighted by Gasteiger charge is -2.18. The van der Waals surface area contributed by atoms with Crippen molar-refractivity contribution in [2.75, 3.05) is 18.5 Å². The van der Waals surface area contributed by atoms with E-state index >= 15 is 0 Å². The van der Waals surface area contributed by atoms with Crippen LogP contribution in [0.1, 0.15) is 21.5 Å². The van der Waals surface area contributed by atoms with E-state index in [9.17, 15) is 35.9 Å². The molecule has 2 heterocycles. The average molecular weight is 504 g/mol. The quantitative estimate of drug-likeness (QED) is 0.609. The van der Waals surface area contributed by atoms with Crippen LogP contribution in [-0.4, -0.2) is 49.6 Å². The van der Waals surface area contributed by atoms with Gasteiger partial charge in [-0.05, 0) is 42.5 Å². The van der Waals surface area contributed by atoms with Gasteiger partial charge < -0.3 is 19.5 Å². The number of halogens is 6. The molecule has 2 aliphatic rings. The van der Waals surface area contributed by atoms with Crippen LogP contribution in [0.4, 0.5) is 36.8 Å². The van der Waals surface area contributed by atoms with Gasteiger partial charge in [-0.2, -0.15) is 26.3 Å². The molecule has 188 valence electrons. The summed E-state index contributed by atoms with van der Waals surface area (Å²) in [5.41, 5.74) is -1.94. The van der Waals surface area contributed by atoms with E-state index in [1.807, 2.05) is 0 Å². The van der Waals surface area contributed by atoms with Crippen LogP contribution in [0.25, 0.3) is 0 Å². The monoisotopic (exact) mass is 504 g/mol. The van der Waals surface area contributed by atoms with Crippen LogP contribution in [-0.2, 0) is 26.6 Å². The molecule has 13 heteroatoms. The predicted octanol–water partition coefficient (Wildman–Crippen LogP) is 4.24. The molecule has 0 radical (unpaired) electrons. The summed E-state index contributed by atoms with van der Waals surface area (Å²) in [6, 6.07) is 7.04. The van der Waals surface area contributed by atoms with Gasteiger partial charge in [0.15, 0.2) is 6.10 Å². The number of carbonyl (C=O) groups excluding carboxylic acids is 2. The Morgan fingerprint density at radius 1 is 0.857 bits per heavy atom. The lowest BCUT2D eigenvalue weighted by atomic mass is 10.1. The van der Waals surface area contributed by atoms with Crippen molar-refractivity contribution in [3.05, 3.63) is 65.2 Å². The predicted molar refractivity (Wildman–Crippen MR) is 108 cm³/mol. The third-order valence-corrected chi connectivity index (χ3v) is 5.49. The van der Waals surface area contributed by atoms with Crippen LogP contribution in [0.2, 0.25) is 0 Å². The molecular weight excluding hydrogens is 486 g/mol. The number of alkyl halides is 6. The average Bonchev–Trinajstić information content (AvgIpc) is 3.36. The van der Waals surface area contributed by atoms with Crippen molar-refractivity contribution in [2.24, 2.45) is 0 Å². The smallest absolute Gasteiger partial charge is 0.416 e. The number of hydrogen-bond acceptors (Lipinski definition) is 5. The van der Waals surface area contributed by atoms with Crippen molar-refractivity contribution >= 4 is 17.7 Å². The first kappa shape index (κ1) is 24.8. The summed E-state index contributed by atoms with van der Waals surface area (Å²) in [6.45, 7) is -0.0885. The van der Waals surface area contributed by atoms with E-state index in [4.69, 9.17) is 14.2 Å². The van der Waals surface area contributed by atoms with E-state index in [-0.39, 0.29) is 24.5 Å². The number of carbonyl (C=O) groups is 2. The zero-order valence-electron chi connectivity index (χ0n) is 17.7. The highest BCUT2D eigenvalue weighted by atomic mass is 19.4. The fourth-order valence-corrected chi connectivity index (χ4v) is 3.81. The number of nitrogens with one attached hydrogen (secondary N) is 2. The summed E-state index contributed by atoms with van der Waals surface area (Å²) in [4.78, 5) is 24.6. The first-order valence-electron chi connectivity index (χ1n) is 10.3. The van der Waals surface area contributed by atoms with Crippen LogP contribution < -0.4 is 10.6 Å². The van der Waals surface area contributed by atoms with Gasteiger partial charge in [0.05, 0.1) is 30.4 Å². The summed E-state index contributed by atoms with van der Waals surface area (Å²) in [5, 5.41) is 4.85. The summed E-state index contributed by atoms with van der Waals surface area (Å²) in [7, 11) is 0. The zero-order valence-corrected chi connectivity index (χ0v) is 17.7. The van der Waals surface area contributed by atoms with Crippen molar-refractivity contribution < 1.29 is 50.1 Å². The van der Waals surface area contributed by atoms with Crippen molar-refractivity contribution in [3.63, 3.8) is 0 Å². The van der Waals surface area contributed by atoms with Crippen molar-refractivity contribution in [1.82, 2.24) is 5.32 Å². The maximum absolute atomic E-state index is 12.8. The van der Waals surface area contributed by atoms with Crippen molar-refractivity contribution in [2.45, 2.75) is 36.7 Å². The molecule has 35 heavy (non-hydrogen) atoms. The van der Waals surface area contributed by atoms with Crippen LogP contribution in [0.15, 0.2) is 48.5 Å². The number of amides is 2. The van der Waals surface area contributed by atoms with Gasteiger partial charge in [-0.1, -0.05) is 6.07 Å². The molecule has 2 N–H and O–H groups in total. The fourth-order valence-electron chi connectivity index (χ4n) is 3.81. The van der Waals surface area contributed by atoms with Gasteiger partial charge in [0, 0.05) is 11.3 Å². The number of fused-ring (bicyclic) bond motifs is 1. The Labute approximate surface area is 194 Å². The van der Waals surface area contributed by atoms with Crippen LogP contribution in [0, 0.1) is 0 Å². The van der Waals surface area contributed by atoms with E-state index in [1.165, 1.54) is 6.07 Å². The van der Waals surface area contributed by atoms with Gasteiger partial charge in [-0.3, -0.25) is 10.1 Å². The molecule has 0 unspecified atom stereocenters. The summed E-state index contributed by atoms with van der Waals surface area (Å²) in [5.74, 6) is -0.636. The lowest BCUT2D eigenvalue weighted by Crippen LogP contribution is -2.44. The van der Waals surface area contributed by atoms with E-state index in [0.717, 1.165) is 42.5 Å². The minimum Gasteiger partial charge on any atom is -0.441 e. The maximum Gasteiger partial charge on any atom is 0.416 e. The highest BCUT2D eigenvalue weighted by Gasteiger charge is 2.50. The van der Waals surface area contributed by atoms with Crippen molar-refractivity contribution in [3.8, 4) is 0 Å². The van der Waals surface area contributed by atoms with Gasteiger partial charge in [0.2, 0.25) is 0 Å². The van der Waals surface area contributed by atoms with Gasteiger partial charge in [-0.15, -0.1) is 0 Å². The highest BCUT2D eigenvalue weighted by Crippen LogP contribution is 2.32. The molecule has 7 nitrogen and oxygen atoms in total. The van der Waals surface area contributed by atoms with Crippen LogP contribution in [0.3, 0.4) is 0 Å². The van der Waals surface area contributed by atoms with Gasteiger partial charge in [0.25, 0.3) is 5.91 Å². The first-order chi connectivity index (χ1) is 16.4. The molecule has 0 aliphatic carbocycles. The summed E-state index contributed by atoms with van der Waals surface area (Å²) >= 11 is 0. The topological polar surface area (TPSA) is 85.9 Å². The maximum atomic E-state index is 12.8. The van der Waals surface area contributed by atoms with Gasteiger partial charge in [-0.25, -0.2) is 4.79 Å². The van der Waals surface area contributed by atoms with E-state index in [1.54, 1.807) is 0 Å². The molecule has 0 aromatic heterocycles. The summed E-state index contributed by atoms with van der Waals surface area (Å²) < 4.78 is 92.9. The Morgan fingerprint density at radius 3 is 2.17 bits per heavy atom. The van der Waals surface area contributed by atoms with Crippen molar-refractivity contribution in [1.29, 1.82) is 0 Å². The summed E-state index contributed by atoms with van der Waals surface area (Å²) in [6.07, 6.45) is -12.5. The molecule has 2 saturated heterocycles. The molecule has 4 atom stereocenters. The lowest BCUT2D eigenvalue weighted by molar-refractivity contribution is -0.138. The number of anilines is 1. The number of rotatable bonds is 4. The van der Waals surface area contributed by atoms with Crippen LogP contribution in [0.5, 0.6) is 0 Å². The number of hydrogen-bond donors (Lipinski definition) is 2. The molecule has 2 fully saturated rings. The Kier molecular flexibility index (Phi) is 6.64. The number of benzene rings is 2.